The number of aryl methyl sites for hydroxylation is 1. The summed E-state index contributed by atoms with van der Waals surface area (Å²) in [5.41, 5.74) is 6.40. The lowest BCUT2D eigenvalue weighted by atomic mass is 10.2. The molecule has 8 nitrogen and oxygen atoms in total. The van der Waals surface area contributed by atoms with Gasteiger partial charge in [0.05, 0.1) is 11.5 Å². The maximum Gasteiger partial charge on any atom is 0.264 e. The van der Waals surface area contributed by atoms with Crippen LogP contribution in [0, 0.1) is 6.92 Å². The summed E-state index contributed by atoms with van der Waals surface area (Å²) in [5, 5.41) is 15.5. The van der Waals surface area contributed by atoms with Gasteiger partial charge in [-0.2, -0.15) is 5.10 Å². The SMILES string of the molecule is CC(/C=C/c1ccccc1)=N\Nc1nnc(SCC(=O)Nc2ccccc2C)n1N. The molecule has 1 amide bonds. The van der Waals surface area contributed by atoms with Crippen molar-refractivity contribution in [1.29, 1.82) is 0 Å². The molecule has 4 N–H and O–H groups in total. The normalized spacial score (nSPS) is 11.6. The van der Waals surface area contributed by atoms with E-state index in [1.165, 1.54) is 16.4 Å². The van der Waals surface area contributed by atoms with Gasteiger partial charge in [-0.3, -0.25) is 4.79 Å². The quantitative estimate of drug-likeness (QED) is 0.222. The minimum atomic E-state index is -0.147. The molecule has 3 aromatic rings. The Morgan fingerprint density at radius 1 is 1.17 bits per heavy atom. The number of anilines is 2. The minimum absolute atomic E-state index is 0.147. The van der Waals surface area contributed by atoms with E-state index >= 15 is 0 Å². The highest BCUT2D eigenvalue weighted by Gasteiger charge is 2.12. The Morgan fingerprint density at radius 2 is 1.90 bits per heavy atom. The first-order chi connectivity index (χ1) is 14.5. The molecule has 0 bridgehead atoms. The molecule has 9 heteroatoms. The van der Waals surface area contributed by atoms with Crippen LogP contribution in [0.1, 0.15) is 18.1 Å². The summed E-state index contributed by atoms with van der Waals surface area (Å²) in [4.78, 5) is 12.2. The Labute approximate surface area is 179 Å². The van der Waals surface area contributed by atoms with Crippen LogP contribution in [-0.2, 0) is 4.79 Å². The summed E-state index contributed by atoms with van der Waals surface area (Å²) in [6.45, 7) is 3.80. The first-order valence-electron chi connectivity index (χ1n) is 9.25. The highest BCUT2D eigenvalue weighted by Crippen LogP contribution is 2.18. The first kappa shape index (κ1) is 21.1. The van der Waals surface area contributed by atoms with Gasteiger partial charge in [0, 0.05) is 5.69 Å². The van der Waals surface area contributed by atoms with Crippen molar-refractivity contribution in [3.8, 4) is 0 Å². The van der Waals surface area contributed by atoms with Crippen molar-refractivity contribution in [2.75, 3.05) is 22.3 Å². The number of benzene rings is 2. The second-order valence-electron chi connectivity index (χ2n) is 6.44. The minimum Gasteiger partial charge on any atom is -0.334 e. The number of para-hydroxylation sites is 1. The molecule has 0 aliphatic carbocycles. The number of nitrogen functional groups attached to an aromatic ring is 1. The fourth-order valence-corrected chi connectivity index (χ4v) is 3.09. The predicted molar refractivity (Wildman–Crippen MR) is 123 cm³/mol. The molecule has 0 unspecified atom stereocenters. The van der Waals surface area contributed by atoms with Crippen LogP contribution in [0.5, 0.6) is 0 Å². The third kappa shape index (κ3) is 5.95. The standard InChI is InChI=1S/C21H23N7OS/c1-15-8-6-7-11-18(15)23-19(29)14-30-21-27-26-20(28(21)22)25-24-16(2)12-13-17-9-4-3-5-10-17/h3-13H,14,22H2,1-2H3,(H,23,29)(H,25,26)/b13-12+,24-16+. The molecule has 154 valence electrons. The zero-order valence-corrected chi connectivity index (χ0v) is 17.6. The van der Waals surface area contributed by atoms with Gasteiger partial charge in [-0.25, -0.2) is 10.1 Å². The van der Waals surface area contributed by atoms with Gasteiger partial charge in [0.1, 0.15) is 0 Å². The third-order valence-electron chi connectivity index (χ3n) is 4.06. The molecule has 2 aromatic carbocycles. The Bertz CT molecular complexity index is 1060. The third-order valence-corrected chi connectivity index (χ3v) is 5.01. The molecule has 0 aliphatic heterocycles. The smallest absolute Gasteiger partial charge is 0.264 e. The van der Waals surface area contributed by atoms with Gasteiger partial charge in [-0.1, -0.05) is 66.4 Å². The van der Waals surface area contributed by atoms with Crippen molar-refractivity contribution >= 4 is 41.1 Å². The van der Waals surface area contributed by atoms with Gasteiger partial charge in [0.25, 0.3) is 5.95 Å². The zero-order chi connectivity index (χ0) is 21.3. The van der Waals surface area contributed by atoms with E-state index in [1.54, 1.807) is 0 Å². The number of thioether (sulfide) groups is 1. The summed E-state index contributed by atoms with van der Waals surface area (Å²) in [5.74, 6) is 6.30. The summed E-state index contributed by atoms with van der Waals surface area (Å²) in [6, 6.07) is 17.5. The lowest BCUT2D eigenvalue weighted by Crippen LogP contribution is -2.17. The van der Waals surface area contributed by atoms with Crippen molar-refractivity contribution in [2.24, 2.45) is 5.10 Å². The molecule has 0 fully saturated rings. The molecule has 0 saturated heterocycles. The van der Waals surface area contributed by atoms with Crippen molar-refractivity contribution in [1.82, 2.24) is 14.9 Å². The Kier molecular flexibility index (Phi) is 7.23. The summed E-state index contributed by atoms with van der Waals surface area (Å²) in [6.07, 6.45) is 3.84. The van der Waals surface area contributed by atoms with E-state index in [1.807, 2.05) is 80.6 Å². The van der Waals surface area contributed by atoms with E-state index in [0.717, 1.165) is 22.5 Å². The molecular weight excluding hydrogens is 398 g/mol. The average molecular weight is 422 g/mol. The fourth-order valence-electron chi connectivity index (χ4n) is 2.44. The van der Waals surface area contributed by atoms with Crippen LogP contribution < -0.4 is 16.6 Å². The number of nitrogens with two attached hydrogens (primary N) is 1. The first-order valence-corrected chi connectivity index (χ1v) is 10.2. The van der Waals surface area contributed by atoms with E-state index in [0.29, 0.717) is 5.16 Å². The molecular formula is C21H23N7OS. The van der Waals surface area contributed by atoms with Gasteiger partial charge in [0.2, 0.25) is 11.1 Å². The van der Waals surface area contributed by atoms with Gasteiger partial charge in [-0.05, 0) is 37.1 Å². The van der Waals surface area contributed by atoms with Crippen LogP contribution in [0.3, 0.4) is 0 Å². The van der Waals surface area contributed by atoms with Crippen molar-refractivity contribution in [3.63, 3.8) is 0 Å². The summed E-state index contributed by atoms with van der Waals surface area (Å²) < 4.78 is 1.27. The number of carbonyl (C=O) groups excluding carboxylic acids is 1. The Morgan fingerprint density at radius 3 is 2.67 bits per heavy atom. The van der Waals surface area contributed by atoms with Crippen LogP contribution in [0.25, 0.3) is 6.08 Å². The van der Waals surface area contributed by atoms with Crippen LogP contribution >= 0.6 is 11.8 Å². The number of nitrogens with zero attached hydrogens (tertiary/aromatic N) is 4. The molecule has 30 heavy (non-hydrogen) atoms. The van der Waals surface area contributed by atoms with Crippen molar-refractivity contribution in [3.05, 3.63) is 71.8 Å². The number of allylic oxidation sites excluding steroid dienone is 1. The average Bonchev–Trinajstić information content (AvgIpc) is 3.11. The molecule has 0 spiro atoms. The number of hydrazone groups is 1. The Hall–Kier alpha value is -3.59. The topological polar surface area (TPSA) is 110 Å². The van der Waals surface area contributed by atoms with Crippen LogP contribution in [-0.4, -0.2) is 32.2 Å². The molecule has 1 aromatic heterocycles. The second kappa shape index (κ2) is 10.3. The maximum atomic E-state index is 12.2. The van der Waals surface area contributed by atoms with Crippen molar-refractivity contribution in [2.45, 2.75) is 19.0 Å². The number of carbonyl (C=O) groups is 1. The van der Waals surface area contributed by atoms with E-state index in [-0.39, 0.29) is 17.6 Å². The number of rotatable bonds is 8. The highest BCUT2D eigenvalue weighted by atomic mass is 32.2. The van der Waals surface area contributed by atoms with Gasteiger partial charge in [-0.15, -0.1) is 10.2 Å². The zero-order valence-electron chi connectivity index (χ0n) is 16.7. The molecule has 0 saturated carbocycles. The van der Waals surface area contributed by atoms with Crippen LogP contribution in [0.15, 0.2) is 70.9 Å². The van der Waals surface area contributed by atoms with Gasteiger partial charge >= 0.3 is 0 Å². The molecule has 1 heterocycles. The lowest BCUT2D eigenvalue weighted by Gasteiger charge is -2.07. The highest BCUT2D eigenvalue weighted by molar-refractivity contribution is 7.99. The van der Waals surface area contributed by atoms with E-state index in [4.69, 9.17) is 5.84 Å². The number of aromatic nitrogens is 3. The number of hydrogen-bond donors (Lipinski definition) is 3. The molecule has 3 rings (SSSR count). The molecule has 0 radical (unpaired) electrons. The van der Waals surface area contributed by atoms with Gasteiger partial charge < -0.3 is 11.2 Å². The predicted octanol–water partition coefficient (Wildman–Crippen LogP) is 3.53. The van der Waals surface area contributed by atoms with Gasteiger partial charge in [0.15, 0.2) is 0 Å². The van der Waals surface area contributed by atoms with Crippen LogP contribution in [0.2, 0.25) is 0 Å². The molecule has 0 aliphatic rings. The van der Waals surface area contributed by atoms with Crippen molar-refractivity contribution < 1.29 is 4.79 Å². The van der Waals surface area contributed by atoms with E-state index < -0.39 is 0 Å². The number of hydrogen-bond acceptors (Lipinski definition) is 7. The lowest BCUT2D eigenvalue weighted by molar-refractivity contribution is -0.113. The monoisotopic (exact) mass is 421 g/mol. The molecule has 0 atom stereocenters. The number of nitrogens with one attached hydrogen (secondary N) is 2. The summed E-state index contributed by atoms with van der Waals surface area (Å²) in [7, 11) is 0. The number of amides is 1. The van der Waals surface area contributed by atoms with E-state index in [2.05, 4.69) is 26.0 Å². The summed E-state index contributed by atoms with van der Waals surface area (Å²) >= 11 is 1.19. The van der Waals surface area contributed by atoms with Crippen LogP contribution in [0.4, 0.5) is 11.6 Å². The second-order valence-corrected chi connectivity index (χ2v) is 7.38. The van der Waals surface area contributed by atoms with E-state index in [9.17, 15) is 4.79 Å². The Balaban J connectivity index is 1.53. The maximum absolute atomic E-state index is 12.2. The largest absolute Gasteiger partial charge is 0.334 e. The fraction of sp³-hybridized carbons (Fsp3) is 0.143.